The zero-order valence-corrected chi connectivity index (χ0v) is 11.4. The second-order valence-electron chi connectivity index (χ2n) is 5.19. The summed E-state index contributed by atoms with van der Waals surface area (Å²) in [5.74, 6) is -1.21. The van der Waals surface area contributed by atoms with Crippen molar-refractivity contribution in [3.05, 3.63) is 22.4 Å². The van der Waals surface area contributed by atoms with Gasteiger partial charge in [0.05, 0.1) is 12.5 Å². The van der Waals surface area contributed by atoms with E-state index in [9.17, 15) is 18.3 Å². The minimum atomic E-state index is -4.10. The summed E-state index contributed by atoms with van der Waals surface area (Å²) < 4.78 is 37.9. The molecule has 0 bridgehead atoms. The van der Waals surface area contributed by atoms with Gasteiger partial charge in [0.2, 0.25) is 0 Å². The molecule has 2 rings (SSSR count). The highest BCUT2D eigenvalue weighted by atomic mass is 32.1. The maximum Gasteiger partial charge on any atom is 0.391 e. The molecule has 1 fully saturated rings. The Morgan fingerprint density at radius 1 is 1.37 bits per heavy atom. The van der Waals surface area contributed by atoms with Crippen LogP contribution in [0.3, 0.4) is 0 Å². The molecule has 1 heterocycles. The summed E-state index contributed by atoms with van der Waals surface area (Å²) in [4.78, 5) is 1.13. The number of halogens is 3. The van der Waals surface area contributed by atoms with E-state index >= 15 is 0 Å². The van der Waals surface area contributed by atoms with Gasteiger partial charge < -0.3 is 10.4 Å². The molecule has 2 nitrogen and oxygen atoms in total. The zero-order chi connectivity index (χ0) is 13.9. The van der Waals surface area contributed by atoms with Crippen LogP contribution in [-0.4, -0.2) is 23.4 Å². The number of aliphatic hydroxyl groups is 1. The van der Waals surface area contributed by atoms with Gasteiger partial charge in [0.15, 0.2) is 0 Å². The highest BCUT2D eigenvalue weighted by Crippen LogP contribution is 2.41. The Morgan fingerprint density at radius 2 is 2.05 bits per heavy atom. The van der Waals surface area contributed by atoms with Gasteiger partial charge in [0.25, 0.3) is 0 Å². The first kappa shape index (κ1) is 14.8. The topological polar surface area (TPSA) is 32.3 Å². The van der Waals surface area contributed by atoms with E-state index in [1.54, 1.807) is 11.3 Å². The van der Waals surface area contributed by atoms with E-state index in [4.69, 9.17) is 0 Å². The molecule has 1 aromatic rings. The van der Waals surface area contributed by atoms with Crippen LogP contribution in [0.25, 0.3) is 0 Å². The largest absolute Gasteiger partial charge is 0.394 e. The lowest BCUT2D eigenvalue weighted by Crippen LogP contribution is -2.51. The Hall–Kier alpha value is -0.590. The number of rotatable bonds is 4. The van der Waals surface area contributed by atoms with E-state index in [1.807, 2.05) is 17.5 Å². The highest BCUT2D eigenvalue weighted by Gasteiger charge is 2.45. The molecule has 0 amide bonds. The van der Waals surface area contributed by atoms with Gasteiger partial charge in [0, 0.05) is 17.0 Å². The lowest BCUT2D eigenvalue weighted by Gasteiger charge is -2.40. The van der Waals surface area contributed by atoms with E-state index in [-0.39, 0.29) is 19.4 Å². The third-order valence-corrected chi connectivity index (χ3v) is 4.80. The smallest absolute Gasteiger partial charge is 0.391 e. The van der Waals surface area contributed by atoms with E-state index < -0.39 is 17.6 Å². The fourth-order valence-corrected chi connectivity index (χ4v) is 3.22. The maximum absolute atomic E-state index is 12.6. The van der Waals surface area contributed by atoms with Gasteiger partial charge in [-0.2, -0.15) is 13.2 Å². The van der Waals surface area contributed by atoms with Crippen LogP contribution in [0.2, 0.25) is 0 Å². The Morgan fingerprint density at radius 3 is 2.53 bits per heavy atom. The van der Waals surface area contributed by atoms with Crippen molar-refractivity contribution in [2.75, 3.05) is 6.61 Å². The molecule has 0 spiro atoms. The molecular weight excluding hydrogens is 275 g/mol. The van der Waals surface area contributed by atoms with Gasteiger partial charge in [0.1, 0.15) is 0 Å². The first-order valence-electron chi connectivity index (χ1n) is 6.40. The van der Waals surface area contributed by atoms with Crippen LogP contribution in [-0.2, 0) is 6.54 Å². The SMILES string of the molecule is OCC1(NCc2cccs2)CCC(C(F)(F)F)CC1. The molecule has 1 aromatic heterocycles. The van der Waals surface area contributed by atoms with Crippen LogP contribution in [0.5, 0.6) is 0 Å². The van der Waals surface area contributed by atoms with Crippen molar-refractivity contribution in [2.45, 2.75) is 43.9 Å². The molecule has 2 N–H and O–H groups in total. The number of thiophene rings is 1. The number of hydrogen-bond donors (Lipinski definition) is 2. The third kappa shape index (κ3) is 3.70. The van der Waals surface area contributed by atoms with Crippen molar-refractivity contribution in [3.8, 4) is 0 Å². The lowest BCUT2D eigenvalue weighted by molar-refractivity contribution is -0.186. The summed E-state index contributed by atoms with van der Waals surface area (Å²) in [6.07, 6.45) is -3.16. The predicted molar refractivity (Wildman–Crippen MR) is 69.0 cm³/mol. The van der Waals surface area contributed by atoms with Crippen LogP contribution in [0.4, 0.5) is 13.2 Å². The molecule has 1 saturated carbocycles. The third-order valence-electron chi connectivity index (χ3n) is 3.93. The van der Waals surface area contributed by atoms with E-state index in [0.29, 0.717) is 19.4 Å². The Bertz CT molecular complexity index is 383. The minimum absolute atomic E-state index is 0.0987. The van der Waals surface area contributed by atoms with Crippen LogP contribution in [0.15, 0.2) is 17.5 Å². The van der Waals surface area contributed by atoms with Gasteiger partial charge in [-0.1, -0.05) is 6.07 Å². The van der Waals surface area contributed by atoms with E-state index in [0.717, 1.165) is 4.88 Å². The summed E-state index contributed by atoms with van der Waals surface area (Å²) in [5, 5.41) is 14.7. The first-order chi connectivity index (χ1) is 8.95. The van der Waals surface area contributed by atoms with Crippen molar-refractivity contribution < 1.29 is 18.3 Å². The predicted octanol–water partition coefficient (Wildman–Crippen LogP) is 3.32. The molecule has 1 aliphatic carbocycles. The standard InChI is InChI=1S/C13H18F3NOS/c14-13(15,16)10-3-5-12(9-18,6-4-10)17-8-11-2-1-7-19-11/h1-2,7,10,17-18H,3-6,8-9H2. The molecule has 0 unspecified atom stereocenters. The maximum atomic E-state index is 12.6. The van der Waals surface area contributed by atoms with Gasteiger partial charge >= 0.3 is 6.18 Å². The molecule has 19 heavy (non-hydrogen) atoms. The quantitative estimate of drug-likeness (QED) is 0.892. The Balaban J connectivity index is 1.90. The molecule has 0 aliphatic heterocycles. The monoisotopic (exact) mass is 293 g/mol. The van der Waals surface area contributed by atoms with Crippen molar-refractivity contribution in [2.24, 2.45) is 5.92 Å². The normalized spacial score (nSPS) is 28.5. The van der Waals surface area contributed by atoms with Crippen LogP contribution in [0.1, 0.15) is 30.6 Å². The van der Waals surface area contributed by atoms with E-state index in [1.165, 1.54) is 0 Å². The number of hydrogen-bond acceptors (Lipinski definition) is 3. The Kier molecular flexibility index (Phi) is 4.53. The molecule has 108 valence electrons. The van der Waals surface area contributed by atoms with Crippen molar-refractivity contribution in [1.29, 1.82) is 0 Å². The lowest BCUT2D eigenvalue weighted by atomic mass is 9.76. The summed E-state index contributed by atoms with van der Waals surface area (Å²) in [6, 6.07) is 3.91. The molecule has 0 aromatic carbocycles. The summed E-state index contributed by atoms with van der Waals surface area (Å²) in [5.41, 5.74) is -0.550. The van der Waals surface area contributed by atoms with Gasteiger partial charge in [-0.15, -0.1) is 11.3 Å². The molecule has 0 saturated heterocycles. The van der Waals surface area contributed by atoms with Crippen molar-refractivity contribution in [1.82, 2.24) is 5.32 Å². The minimum Gasteiger partial charge on any atom is -0.394 e. The average Bonchev–Trinajstić information content (AvgIpc) is 2.89. The second kappa shape index (κ2) is 5.81. The summed E-state index contributed by atoms with van der Waals surface area (Å²) in [6.45, 7) is 0.498. The average molecular weight is 293 g/mol. The van der Waals surface area contributed by atoms with Gasteiger partial charge in [-0.05, 0) is 37.1 Å². The van der Waals surface area contributed by atoms with Crippen LogP contribution < -0.4 is 5.32 Å². The number of aliphatic hydroxyl groups excluding tert-OH is 1. The fourth-order valence-electron chi connectivity index (χ4n) is 2.58. The summed E-state index contributed by atoms with van der Waals surface area (Å²) in [7, 11) is 0. The van der Waals surface area contributed by atoms with Gasteiger partial charge in [-0.25, -0.2) is 0 Å². The molecule has 1 aliphatic rings. The van der Waals surface area contributed by atoms with Crippen molar-refractivity contribution in [3.63, 3.8) is 0 Å². The summed E-state index contributed by atoms with van der Waals surface area (Å²) >= 11 is 1.60. The highest BCUT2D eigenvalue weighted by molar-refractivity contribution is 7.09. The molecule has 0 radical (unpaired) electrons. The fraction of sp³-hybridized carbons (Fsp3) is 0.692. The second-order valence-corrected chi connectivity index (χ2v) is 6.22. The zero-order valence-electron chi connectivity index (χ0n) is 10.5. The van der Waals surface area contributed by atoms with Gasteiger partial charge in [-0.3, -0.25) is 0 Å². The number of alkyl halides is 3. The first-order valence-corrected chi connectivity index (χ1v) is 7.28. The van der Waals surface area contributed by atoms with Crippen LogP contribution >= 0.6 is 11.3 Å². The molecule has 0 atom stereocenters. The number of nitrogens with one attached hydrogen (secondary N) is 1. The Labute approximate surface area is 114 Å². The molecule has 6 heteroatoms. The molecular formula is C13H18F3NOS. The van der Waals surface area contributed by atoms with Crippen molar-refractivity contribution >= 4 is 11.3 Å². The van der Waals surface area contributed by atoms with Crippen LogP contribution in [0, 0.1) is 5.92 Å². The van der Waals surface area contributed by atoms with E-state index in [2.05, 4.69) is 5.32 Å².